The SMILES string of the molecule is COc1ccc(OC)c(NS(=O)(=O)c2c(F)cccc2F)c1. The van der Waals surface area contributed by atoms with Crippen LogP contribution in [0.1, 0.15) is 0 Å². The molecule has 0 radical (unpaired) electrons. The molecule has 0 amide bonds. The Balaban J connectivity index is 2.49. The molecule has 2 aromatic carbocycles. The molecule has 0 aliphatic carbocycles. The molecule has 0 aliphatic heterocycles. The Kier molecular flexibility index (Phi) is 4.51. The summed E-state index contributed by atoms with van der Waals surface area (Å²) in [5, 5.41) is 0. The van der Waals surface area contributed by atoms with E-state index in [1.807, 2.05) is 0 Å². The first-order valence-electron chi connectivity index (χ1n) is 6.08. The zero-order valence-electron chi connectivity index (χ0n) is 11.8. The standard InChI is InChI=1S/C14H13F2NO4S/c1-20-9-6-7-13(21-2)12(8-9)17-22(18,19)14-10(15)4-3-5-11(14)16/h3-8,17H,1-2H3. The Labute approximate surface area is 126 Å². The van der Waals surface area contributed by atoms with E-state index in [0.717, 1.165) is 18.2 Å². The first-order chi connectivity index (χ1) is 10.4. The zero-order valence-corrected chi connectivity index (χ0v) is 12.6. The van der Waals surface area contributed by atoms with Crippen LogP contribution in [0, 0.1) is 11.6 Å². The smallest absolute Gasteiger partial charge is 0.267 e. The number of hydrogen-bond donors (Lipinski definition) is 1. The summed E-state index contributed by atoms with van der Waals surface area (Å²) in [6.07, 6.45) is 0. The van der Waals surface area contributed by atoms with Crippen LogP contribution in [-0.2, 0) is 10.0 Å². The molecular weight excluding hydrogens is 316 g/mol. The van der Waals surface area contributed by atoms with Crippen molar-refractivity contribution < 1.29 is 26.7 Å². The topological polar surface area (TPSA) is 64.6 Å². The van der Waals surface area contributed by atoms with Crippen LogP contribution in [0.5, 0.6) is 11.5 Å². The molecule has 0 saturated carbocycles. The Hall–Kier alpha value is -2.35. The van der Waals surface area contributed by atoms with Crippen molar-refractivity contribution in [3.63, 3.8) is 0 Å². The highest BCUT2D eigenvalue weighted by atomic mass is 32.2. The van der Waals surface area contributed by atoms with Crippen molar-refractivity contribution in [2.45, 2.75) is 4.90 Å². The van der Waals surface area contributed by atoms with Crippen molar-refractivity contribution in [2.24, 2.45) is 0 Å². The molecular formula is C14H13F2NO4S. The van der Waals surface area contributed by atoms with Gasteiger partial charge in [-0.15, -0.1) is 0 Å². The molecule has 0 bridgehead atoms. The lowest BCUT2D eigenvalue weighted by atomic mass is 10.3. The van der Waals surface area contributed by atoms with Gasteiger partial charge in [-0.25, -0.2) is 17.2 Å². The first-order valence-corrected chi connectivity index (χ1v) is 7.56. The molecule has 0 aliphatic rings. The minimum Gasteiger partial charge on any atom is -0.497 e. The van der Waals surface area contributed by atoms with Crippen molar-refractivity contribution in [2.75, 3.05) is 18.9 Å². The van der Waals surface area contributed by atoms with Crippen molar-refractivity contribution in [3.05, 3.63) is 48.0 Å². The number of sulfonamides is 1. The predicted octanol–water partition coefficient (Wildman–Crippen LogP) is 2.78. The maximum atomic E-state index is 13.7. The van der Waals surface area contributed by atoms with Crippen LogP contribution < -0.4 is 14.2 Å². The van der Waals surface area contributed by atoms with E-state index in [2.05, 4.69) is 4.72 Å². The number of nitrogens with one attached hydrogen (secondary N) is 1. The Morgan fingerprint density at radius 2 is 1.64 bits per heavy atom. The summed E-state index contributed by atoms with van der Waals surface area (Å²) in [7, 11) is -1.73. The van der Waals surface area contributed by atoms with Gasteiger partial charge in [0.1, 0.15) is 23.1 Å². The fraction of sp³-hybridized carbons (Fsp3) is 0.143. The first kappa shape index (κ1) is 16.0. The monoisotopic (exact) mass is 329 g/mol. The minimum absolute atomic E-state index is 0.00417. The van der Waals surface area contributed by atoms with Crippen LogP contribution in [0.25, 0.3) is 0 Å². The summed E-state index contributed by atoms with van der Waals surface area (Å²) < 4.78 is 63.9. The van der Waals surface area contributed by atoms with E-state index in [1.165, 1.54) is 26.4 Å². The molecule has 5 nitrogen and oxygen atoms in total. The largest absolute Gasteiger partial charge is 0.497 e. The number of ether oxygens (including phenoxy) is 2. The highest BCUT2D eigenvalue weighted by molar-refractivity contribution is 7.92. The lowest BCUT2D eigenvalue weighted by Gasteiger charge is -2.13. The van der Waals surface area contributed by atoms with E-state index in [4.69, 9.17) is 9.47 Å². The van der Waals surface area contributed by atoms with Crippen LogP contribution in [0.15, 0.2) is 41.3 Å². The molecule has 0 heterocycles. The molecule has 0 fully saturated rings. The Bertz CT molecular complexity index is 773. The van der Waals surface area contributed by atoms with E-state index in [1.54, 1.807) is 6.07 Å². The number of methoxy groups -OCH3 is 2. The van der Waals surface area contributed by atoms with E-state index < -0.39 is 26.6 Å². The molecule has 0 aromatic heterocycles. The molecule has 22 heavy (non-hydrogen) atoms. The highest BCUT2D eigenvalue weighted by Gasteiger charge is 2.25. The van der Waals surface area contributed by atoms with Gasteiger partial charge in [0.05, 0.1) is 19.9 Å². The number of rotatable bonds is 5. The Morgan fingerprint density at radius 1 is 1.00 bits per heavy atom. The molecule has 2 aromatic rings. The summed E-state index contributed by atoms with van der Waals surface area (Å²) in [4.78, 5) is -1.06. The third-order valence-electron chi connectivity index (χ3n) is 2.84. The average molecular weight is 329 g/mol. The zero-order chi connectivity index (χ0) is 16.3. The van der Waals surface area contributed by atoms with E-state index in [-0.39, 0.29) is 11.4 Å². The van der Waals surface area contributed by atoms with Gasteiger partial charge in [-0.05, 0) is 24.3 Å². The van der Waals surface area contributed by atoms with Crippen LogP contribution >= 0.6 is 0 Å². The predicted molar refractivity (Wildman–Crippen MR) is 76.7 cm³/mol. The highest BCUT2D eigenvalue weighted by Crippen LogP contribution is 2.31. The Morgan fingerprint density at radius 3 is 2.18 bits per heavy atom. The average Bonchev–Trinajstić information content (AvgIpc) is 2.46. The van der Waals surface area contributed by atoms with Crippen LogP contribution in [0.2, 0.25) is 0 Å². The fourth-order valence-corrected chi connectivity index (χ4v) is 3.03. The van der Waals surface area contributed by atoms with Crippen molar-refractivity contribution in [1.82, 2.24) is 0 Å². The van der Waals surface area contributed by atoms with E-state index in [0.29, 0.717) is 5.75 Å². The number of hydrogen-bond acceptors (Lipinski definition) is 4. The van der Waals surface area contributed by atoms with Gasteiger partial charge >= 0.3 is 0 Å². The van der Waals surface area contributed by atoms with Gasteiger partial charge < -0.3 is 9.47 Å². The van der Waals surface area contributed by atoms with Gasteiger partial charge in [-0.2, -0.15) is 0 Å². The number of anilines is 1. The second-order valence-corrected chi connectivity index (χ2v) is 5.84. The van der Waals surface area contributed by atoms with Crippen molar-refractivity contribution in [1.29, 1.82) is 0 Å². The van der Waals surface area contributed by atoms with Gasteiger partial charge in [0.25, 0.3) is 10.0 Å². The normalized spacial score (nSPS) is 11.1. The third-order valence-corrected chi connectivity index (χ3v) is 4.25. The summed E-state index contributed by atoms with van der Waals surface area (Å²) >= 11 is 0. The maximum Gasteiger partial charge on any atom is 0.267 e. The molecule has 0 spiro atoms. The number of benzene rings is 2. The second-order valence-electron chi connectivity index (χ2n) is 4.22. The molecule has 8 heteroatoms. The number of halogens is 2. The van der Waals surface area contributed by atoms with Gasteiger partial charge in [0.2, 0.25) is 0 Å². The summed E-state index contributed by atoms with van der Waals surface area (Å²) in [6, 6.07) is 7.17. The van der Waals surface area contributed by atoms with Crippen molar-refractivity contribution >= 4 is 15.7 Å². The van der Waals surface area contributed by atoms with E-state index in [9.17, 15) is 17.2 Å². The van der Waals surface area contributed by atoms with Crippen LogP contribution in [-0.4, -0.2) is 22.6 Å². The van der Waals surface area contributed by atoms with Crippen molar-refractivity contribution in [3.8, 4) is 11.5 Å². The molecule has 0 saturated heterocycles. The van der Waals surface area contributed by atoms with Crippen LogP contribution in [0.3, 0.4) is 0 Å². The molecule has 0 unspecified atom stereocenters. The maximum absolute atomic E-state index is 13.7. The minimum atomic E-state index is -4.47. The summed E-state index contributed by atoms with van der Waals surface area (Å²) in [5.74, 6) is -1.84. The summed E-state index contributed by atoms with van der Waals surface area (Å²) in [6.45, 7) is 0. The van der Waals surface area contributed by atoms with Gasteiger partial charge in [-0.1, -0.05) is 6.07 Å². The lowest BCUT2D eigenvalue weighted by molar-refractivity contribution is 0.405. The quantitative estimate of drug-likeness (QED) is 0.916. The van der Waals surface area contributed by atoms with Gasteiger partial charge in [0, 0.05) is 6.07 Å². The second kappa shape index (κ2) is 6.18. The molecule has 1 N–H and O–H groups in total. The van der Waals surface area contributed by atoms with Gasteiger partial charge in [-0.3, -0.25) is 4.72 Å². The van der Waals surface area contributed by atoms with Crippen LogP contribution in [0.4, 0.5) is 14.5 Å². The molecule has 118 valence electrons. The van der Waals surface area contributed by atoms with Gasteiger partial charge in [0.15, 0.2) is 4.90 Å². The lowest BCUT2D eigenvalue weighted by Crippen LogP contribution is -2.17. The fourth-order valence-electron chi connectivity index (χ4n) is 1.83. The summed E-state index contributed by atoms with van der Waals surface area (Å²) in [5.41, 5.74) is 0.00417. The third kappa shape index (κ3) is 3.11. The molecule has 2 rings (SSSR count). The molecule has 0 atom stereocenters. The van der Waals surface area contributed by atoms with E-state index >= 15 is 0 Å².